The maximum Gasteiger partial charge on any atom is 0.229 e. The van der Waals surface area contributed by atoms with Crippen LogP contribution in [0, 0.1) is 5.92 Å². The van der Waals surface area contributed by atoms with Crippen molar-refractivity contribution in [1.29, 1.82) is 0 Å². The summed E-state index contributed by atoms with van der Waals surface area (Å²) in [6.45, 7) is 9.34. The minimum Gasteiger partial charge on any atom is -0.337 e. The molecule has 0 aliphatic carbocycles. The van der Waals surface area contributed by atoms with Crippen LogP contribution >= 0.6 is 11.6 Å². The van der Waals surface area contributed by atoms with E-state index in [-0.39, 0.29) is 24.2 Å². The molecule has 1 aliphatic heterocycles. The molecule has 1 aliphatic rings. The molecule has 0 saturated carbocycles. The maximum absolute atomic E-state index is 13.1. The summed E-state index contributed by atoms with van der Waals surface area (Å²) < 4.78 is 0. The van der Waals surface area contributed by atoms with Gasteiger partial charge in [0, 0.05) is 30.2 Å². The van der Waals surface area contributed by atoms with E-state index in [1.54, 1.807) is 4.90 Å². The van der Waals surface area contributed by atoms with Crippen molar-refractivity contribution in [3.05, 3.63) is 64.2 Å². The highest BCUT2D eigenvalue weighted by Crippen LogP contribution is 2.33. The number of hydrogen-bond acceptors (Lipinski definition) is 2. The Morgan fingerprint density at radius 3 is 2.28 bits per heavy atom. The van der Waals surface area contributed by atoms with E-state index in [0.29, 0.717) is 29.9 Å². The fourth-order valence-corrected chi connectivity index (χ4v) is 4.05. The fourth-order valence-electron chi connectivity index (χ4n) is 3.85. The van der Waals surface area contributed by atoms with E-state index in [1.165, 1.54) is 0 Å². The summed E-state index contributed by atoms with van der Waals surface area (Å²) in [5, 5.41) is 3.80. The monoisotopic (exact) mass is 412 g/mol. The number of nitrogens with one attached hydrogen (secondary N) is 1. The first-order valence-corrected chi connectivity index (χ1v) is 10.6. The van der Waals surface area contributed by atoms with Crippen molar-refractivity contribution in [1.82, 2.24) is 4.90 Å². The Hall–Kier alpha value is -2.33. The average Bonchev–Trinajstić information content (AvgIpc) is 3.04. The molecule has 2 amide bonds. The second-order valence-electron chi connectivity index (χ2n) is 8.38. The van der Waals surface area contributed by atoms with Gasteiger partial charge in [0.2, 0.25) is 11.8 Å². The van der Waals surface area contributed by atoms with Crippen molar-refractivity contribution >= 4 is 29.1 Å². The zero-order valence-electron chi connectivity index (χ0n) is 17.5. The number of carbonyl (C=O) groups is 2. The number of hydrogen-bond donors (Lipinski definition) is 1. The van der Waals surface area contributed by atoms with Crippen LogP contribution < -0.4 is 5.32 Å². The summed E-state index contributed by atoms with van der Waals surface area (Å²) in [4.78, 5) is 27.3. The molecule has 2 aromatic rings. The Kier molecular flexibility index (Phi) is 6.63. The third kappa shape index (κ3) is 4.81. The third-order valence-corrected chi connectivity index (χ3v) is 5.89. The van der Waals surface area contributed by atoms with Crippen LogP contribution in [-0.2, 0) is 16.1 Å². The standard InChI is InChI=1S/C24H29ClN2O2/c1-15(2)19-9-7-10-20(16(3)4)23(19)26-24(29)18-12-22(28)27(14-18)13-17-8-5-6-11-21(17)25/h5-11,15-16,18H,12-14H2,1-4H3,(H,26,29). The predicted octanol–water partition coefficient (Wildman–Crippen LogP) is 5.57. The first-order chi connectivity index (χ1) is 13.8. The lowest BCUT2D eigenvalue weighted by atomic mass is 9.92. The average molecular weight is 413 g/mol. The smallest absolute Gasteiger partial charge is 0.229 e. The number of halogens is 1. The van der Waals surface area contributed by atoms with Gasteiger partial charge >= 0.3 is 0 Å². The van der Waals surface area contributed by atoms with Crippen LogP contribution in [0.15, 0.2) is 42.5 Å². The quantitative estimate of drug-likeness (QED) is 0.673. The number of nitrogens with zero attached hydrogens (tertiary/aromatic N) is 1. The fraction of sp³-hybridized carbons (Fsp3) is 0.417. The Labute approximate surface area is 178 Å². The van der Waals surface area contributed by atoms with Crippen LogP contribution in [0.3, 0.4) is 0 Å². The molecular formula is C24H29ClN2O2. The van der Waals surface area contributed by atoms with Crippen molar-refractivity contribution in [2.75, 3.05) is 11.9 Å². The Balaban J connectivity index is 1.76. The molecule has 1 saturated heterocycles. The van der Waals surface area contributed by atoms with Gasteiger partial charge < -0.3 is 10.2 Å². The molecule has 4 nitrogen and oxygen atoms in total. The third-order valence-electron chi connectivity index (χ3n) is 5.53. The van der Waals surface area contributed by atoms with Crippen molar-refractivity contribution in [3.63, 3.8) is 0 Å². The molecule has 29 heavy (non-hydrogen) atoms. The van der Waals surface area contributed by atoms with E-state index in [4.69, 9.17) is 11.6 Å². The predicted molar refractivity (Wildman–Crippen MR) is 118 cm³/mol. The molecule has 1 unspecified atom stereocenters. The number of carbonyl (C=O) groups excluding carboxylic acids is 2. The molecule has 1 atom stereocenters. The van der Waals surface area contributed by atoms with Gasteiger partial charge in [-0.05, 0) is 34.6 Å². The molecule has 0 spiro atoms. The largest absolute Gasteiger partial charge is 0.337 e. The van der Waals surface area contributed by atoms with Gasteiger partial charge in [0.25, 0.3) is 0 Å². The first kappa shape index (κ1) is 21.4. The van der Waals surface area contributed by atoms with Crippen molar-refractivity contribution in [2.24, 2.45) is 5.92 Å². The number of amides is 2. The highest BCUT2D eigenvalue weighted by atomic mass is 35.5. The van der Waals surface area contributed by atoms with Gasteiger partial charge in [-0.3, -0.25) is 9.59 Å². The second kappa shape index (κ2) is 9.00. The van der Waals surface area contributed by atoms with Crippen molar-refractivity contribution < 1.29 is 9.59 Å². The number of rotatable bonds is 6. The summed E-state index contributed by atoms with van der Waals surface area (Å²) in [6.07, 6.45) is 0.233. The van der Waals surface area contributed by atoms with E-state index in [0.717, 1.165) is 22.4 Å². The molecular weight excluding hydrogens is 384 g/mol. The van der Waals surface area contributed by atoms with Crippen LogP contribution in [0.25, 0.3) is 0 Å². The normalized spacial score (nSPS) is 16.7. The molecule has 1 heterocycles. The number of benzene rings is 2. The minimum absolute atomic E-state index is 0.00806. The zero-order chi connectivity index (χ0) is 21.1. The lowest BCUT2D eigenvalue weighted by molar-refractivity contribution is -0.128. The molecule has 0 bridgehead atoms. The summed E-state index contributed by atoms with van der Waals surface area (Å²) in [6, 6.07) is 13.7. The number of anilines is 1. The molecule has 0 radical (unpaired) electrons. The maximum atomic E-state index is 13.1. The molecule has 0 aromatic heterocycles. The highest BCUT2D eigenvalue weighted by Gasteiger charge is 2.35. The van der Waals surface area contributed by atoms with Crippen LogP contribution in [-0.4, -0.2) is 23.3 Å². The molecule has 154 valence electrons. The molecule has 3 rings (SSSR count). The topological polar surface area (TPSA) is 49.4 Å². The molecule has 1 fully saturated rings. The highest BCUT2D eigenvalue weighted by molar-refractivity contribution is 6.31. The summed E-state index contributed by atoms with van der Waals surface area (Å²) in [5.41, 5.74) is 4.05. The lowest BCUT2D eigenvalue weighted by Gasteiger charge is -2.22. The summed E-state index contributed by atoms with van der Waals surface area (Å²) in [5.74, 6) is 0.142. The van der Waals surface area contributed by atoms with E-state index >= 15 is 0 Å². The number of likely N-dealkylation sites (tertiary alicyclic amines) is 1. The summed E-state index contributed by atoms with van der Waals surface area (Å²) in [7, 11) is 0. The Morgan fingerprint density at radius 2 is 1.69 bits per heavy atom. The zero-order valence-corrected chi connectivity index (χ0v) is 18.3. The van der Waals surface area contributed by atoms with Gasteiger partial charge in [-0.25, -0.2) is 0 Å². The lowest BCUT2D eigenvalue weighted by Crippen LogP contribution is -2.28. The minimum atomic E-state index is -0.356. The van der Waals surface area contributed by atoms with Crippen LogP contribution in [0.1, 0.15) is 62.6 Å². The molecule has 1 N–H and O–H groups in total. The van der Waals surface area contributed by atoms with Crippen molar-refractivity contribution in [2.45, 2.75) is 52.5 Å². The second-order valence-corrected chi connectivity index (χ2v) is 8.78. The van der Waals surface area contributed by atoms with Gasteiger partial charge in [-0.2, -0.15) is 0 Å². The van der Waals surface area contributed by atoms with Crippen molar-refractivity contribution in [3.8, 4) is 0 Å². The summed E-state index contributed by atoms with van der Waals surface area (Å²) >= 11 is 6.23. The Morgan fingerprint density at radius 1 is 1.07 bits per heavy atom. The SMILES string of the molecule is CC(C)c1cccc(C(C)C)c1NC(=O)C1CC(=O)N(Cc2ccccc2Cl)C1. The first-order valence-electron chi connectivity index (χ1n) is 10.2. The van der Waals surface area contributed by atoms with Gasteiger partial charge in [0.15, 0.2) is 0 Å². The van der Waals surface area contributed by atoms with Gasteiger partial charge in [-0.15, -0.1) is 0 Å². The Bertz CT molecular complexity index is 881. The molecule has 5 heteroatoms. The van der Waals surface area contributed by atoms with Crippen LogP contribution in [0.2, 0.25) is 5.02 Å². The van der Waals surface area contributed by atoms with Gasteiger partial charge in [-0.1, -0.05) is 75.7 Å². The van der Waals surface area contributed by atoms with E-state index in [2.05, 4.69) is 45.1 Å². The van der Waals surface area contributed by atoms with Gasteiger partial charge in [0.05, 0.1) is 5.92 Å². The van der Waals surface area contributed by atoms with Crippen LogP contribution in [0.4, 0.5) is 5.69 Å². The van der Waals surface area contributed by atoms with E-state index < -0.39 is 0 Å². The van der Waals surface area contributed by atoms with Gasteiger partial charge in [0.1, 0.15) is 0 Å². The van der Waals surface area contributed by atoms with E-state index in [1.807, 2.05) is 30.3 Å². The molecule has 2 aromatic carbocycles. The number of para-hydroxylation sites is 1. The van der Waals surface area contributed by atoms with Crippen LogP contribution in [0.5, 0.6) is 0 Å². The van der Waals surface area contributed by atoms with E-state index in [9.17, 15) is 9.59 Å².